The van der Waals surface area contributed by atoms with Crippen molar-refractivity contribution in [2.24, 2.45) is 0 Å². The third-order valence-electron chi connectivity index (χ3n) is 2.62. The number of amides is 1. The van der Waals surface area contributed by atoms with Crippen LogP contribution in [0.3, 0.4) is 0 Å². The van der Waals surface area contributed by atoms with Crippen LogP contribution >= 0.6 is 0 Å². The maximum Gasteiger partial charge on any atom is 0.251 e. The summed E-state index contributed by atoms with van der Waals surface area (Å²) in [6, 6.07) is 5.53. The normalized spacial score (nSPS) is 9.75. The first-order valence-corrected chi connectivity index (χ1v) is 6.66. The maximum absolute atomic E-state index is 12.0. The van der Waals surface area contributed by atoms with Gasteiger partial charge in [-0.2, -0.15) is 0 Å². The Hall–Kier alpha value is -1.83. The van der Waals surface area contributed by atoms with E-state index in [0.29, 0.717) is 25.1 Å². The molecule has 0 radical (unpaired) electrons. The highest BCUT2D eigenvalue weighted by atomic mass is 16.5. The van der Waals surface area contributed by atoms with Crippen molar-refractivity contribution in [1.29, 1.82) is 0 Å². The molecule has 0 aliphatic heterocycles. The van der Waals surface area contributed by atoms with E-state index in [1.807, 2.05) is 19.1 Å². The monoisotopic (exact) mass is 275 g/mol. The summed E-state index contributed by atoms with van der Waals surface area (Å²) in [4.78, 5) is 12.0. The molecule has 0 spiro atoms. The van der Waals surface area contributed by atoms with Crippen LogP contribution in [0, 0.1) is 18.8 Å². The number of carbonyl (C=O) groups excluding carboxylic acids is 1. The predicted octanol–water partition coefficient (Wildman–Crippen LogP) is 1.50. The summed E-state index contributed by atoms with van der Waals surface area (Å²) in [6.07, 6.45) is 1.23. The number of benzene rings is 1. The molecule has 2 N–H and O–H groups in total. The van der Waals surface area contributed by atoms with Crippen molar-refractivity contribution in [2.75, 3.05) is 26.9 Å². The van der Waals surface area contributed by atoms with Gasteiger partial charge in [-0.3, -0.25) is 4.79 Å². The molecule has 4 heteroatoms. The number of hydrogen-bond donors (Lipinski definition) is 2. The summed E-state index contributed by atoms with van der Waals surface area (Å²) in [7, 11) is 1.64. The van der Waals surface area contributed by atoms with Gasteiger partial charge in [0.15, 0.2) is 0 Å². The molecule has 0 unspecified atom stereocenters. The molecule has 0 saturated carbocycles. The topological polar surface area (TPSA) is 58.6 Å². The first-order valence-electron chi connectivity index (χ1n) is 6.66. The summed E-state index contributed by atoms with van der Waals surface area (Å²) in [5.74, 6) is 5.70. The van der Waals surface area contributed by atoms with E-state index in [-0.39, 0.29) is 12.5 Å². The van der Waals surface area contributed by atoms with Crippen LogP contribution in [0.1, 0.15) is 34.3 Å². The number of rotatable bonds is 6. The van der Waals surface area contributed by atoms with Crippen LogP contribution in [0.15, 0.2) is 18.2 Å². The van der Waals surface area contributed by atoms with E-state index in [1.165, 1.54) is 0 Å². The molecule has 0 saturated heterocycles. The summed E-state index contributed by atoms with van der Waals surface area (Å²) < 4.78 is 4.93. The fourth-order valence-corrected chi connectivity index (χ4v) is 1.73. The molecule has 0 fully saturated rings. The first-order chi connectivity index (χ1) is 9.67. The fourth-order valence-electron chi connectivity index (χ4n) is 1.73. The minimum absolute atomic E-state index is 0.0473. The molecule has 20 heavy (non-hydrogen) atoms. The molecular weight excluding hydrogens is 254 g/mol. The van der Waals surface area contributed by atoms with E-state index in [2.05, 4.69) is 17.2 Å². The van der Waals surface area contributed by atoms with Gasteiger partial charge in [0.05, 0.1) is 6.61 Å². The predicted molar refractivity (Wildman–Crippen MR) is 78.6 cm³/mol. The summed E-state index contributed by atoms with van der Waals surface area (Å²) in [6.45, 7) is 3.20. The molecule has 1 amide bonds. The summed E-state index contributed by atoms with van der Waals surface area (Å²) in [5.41, 5.74) is 2.39. The third kappa shape index (κ3) is 5.87. The lowest BCUT2D eigenvalue weighted by Crippen LogP contribution is -2.25. The van der Waals surface area contributed by atoms with Crippen molar-refractivity contribution < 1.29 is 14.6 Å². The molecule has 4 nitrogen and oxygen atoms in total. The number of nitrogens with one attached hydrogen (secondary N) is 1. The Morgan fingerprint density at radius 3 is 2.90 bits per heavy atom. The number of methoxy groups -OCH3 is 1. The van der Waals surface area contributed by atoms with Crippen LogP contribution in [-0.2, 0) is 4.74 Å². The highest BCUT2D eigenvalue weighted by molar-refractivity contribution is 5.94. The van der Waals surface area contributed by atoms with Crippen LogP contribution in [0.25, 0.3) is 0 Å². The summed E-state index contributed by atoms with van der Waals surface area (Å²) >= 11 is 0. The molecule has 0 aliphatic rings. The number of hydrogen-bond acceptors (Lipinski definition) is 3. The zero-order valence-corrected chi connectivity index (χ0v) is 12.0. The van der Waals surface area contributed by atoms with Crippen LogP contribution < -0.4 is 5.32 Å². The zero-order chi connectivity index (χ0) is 14.8. The Morgan fingerprint density at radius 2 is 2.20 bits per heavy atom. The smallest absolute Gasteiger partial charge is 0.251 e. The van der Waals surface area contributed by atoms with E-state index >= 15 is 0 Å². The van der Waals surface area contributed by atoms with E-state index in [0.717, 1.165) is 17.5 Å². The van der Waals surface area contributed by atoms with E-state index in [9.17, 15) is 4.79 Å². The molecule has 0 atom stereocenters. The van der Waals surface area contributed by atoms with E-state index in [1.54, 1.807) is 13.2 Å². The Balaban J connectivity index is 2.70. The van der Waals surface area contributed by atoms with Gasteiger partial charge in [0.2, 0.25) is 0 Å². The van der Waals surface area contributed by atoms with Gasteiger partial charge in [-0.15, -0.1) is 0 Å². The van der Waals surface area contributed by atoms with Crippen molar-refractivity contribution in [3.8, 4) is 11.8 Å². The molecule has 1 aromatic carbocycles. The van der Waals surface area contributed by atoms with Crippen molar-refractivity contribution in [3.05, 3.63) is 34.9 Å². The average molecular weight is 275 g/mol. The second-order valence-corrected chi connectivity index (χ2v) is 4.47. The lowest BCUT2D eigenvalue weighted by molar-refractivity contribution is 0.0948. The van der Waals surface area contributed by atoms with Crippen molar-refractivity contribution in [2.45, 2.75) is 19.8 Å². The fraction of sp³-hybridized carbons (Fsp3) is 0.438. The van der Waals surface area contributed by atoms with Crippen molar-refractivity contribution >= 4 is 5.91 Å². The molecular formula is C16H21NO3. The third-order valence-corrected chi connectivity index (χ3v) is 2.62. The molecule has 1 aromatic rings. The highest BCUT2D eigenvalue weighted by Crippen LogP contribution is 2.09. The number of aliphatic hydroxyl groups is 1. The standard InChI is InChI=1S/C16H21NO3/c1-13-10-14(6-3-4-8-18)12-15(11-13)16(19)17-7-5-9-20-2/h10-12,18H,4-5,7-9H2,1-2H3,(H,17,19). The van der Waals surface area contributed by atoms with Crippen molar-refractivity contribution in [3.63, 3.8) is 0 Å². The molecule has 108 valence electrons. The van der Waals surface area contributed by atoms with Crippen LogP contribution in [0.5, 0.6) is 0 Å². The van der Waals surface area contributed by atoms with Gasteiger partial charge in [0.1, 0.15) is 0 Å². The van der Waals surface area contributed by atoms with E-state index < -0.39 is 0 Å². The Morgan fingerprint density at radius 1 is 1.40 bits per heavy atom. The first kappa shape index (κ1) is 16.2. The molecule has 0 aliphatic carbocycles. The van der Waals surface area contributed by atoms with Gasteiger partial charge in [0, 0.05) is 37.8 Å². The quantitative estimate of drug-likeness (QED) is 0.611. The van der Waals surface area contributed by atoms with Crippen molar-refractivity contribution in [1.82, 2.24) is 5.32 Å². The van der Waals surface area contributed by atoms with E-state index in [4.69, 9.17) is 9.84 Å². The summed E-state index contributed by atoms with van der Waals surface area (Å²) in [5, 5.41) is 11.6. The van der Waals surface area contributed by atoms with Gasteiger partial charge < -0.3 is 15.2 Å². The number of ether oxygens (including phenoxy) is 1. The molecule has 1 rings (SSSR count). The van der Waals surface area contributed by atoms with Gasteiger partial charge in [-0.1, -0.05) is 11.8 Å². The molecule has 0 bridgehead atoms. The average Bonchev–Trinajstić information content (AvgIpc) is 2.43. The number of aliphatic hydroxyl groups excluding tert-OH is 1. The zero-order valence-electron chi connectivity index (χ0n) is 12.0. The number of aryl methyl sites for hydroxylation is 1. The highest BCUT2D eigenvalue weighted by Gasteiger charge is 2.06. The minimum Gasteiger partial charge on any atom is -0.395 e. The Labute approximate surface area is 120 Å². The second kappa shape index (κ2) is 9.13. The van der Waals surface area contributed by atoms with Crippen LogP contribution in [-0.4, -0.2) is 37.9 Å². The SMILES string of the molecule is COCCCNC(=O)c1cc(C)cc(C#CCCO)c1. The lowest BCUT2D eigenvalue weighted by atomic mass is 10.1. The van der Waals surface area contributed by atoms with Crippen LogP contribution in [0.4, 0.5) is 0 Å². The van der Waals surface area contributed by atoms with Gasteiger partial charge in [-0.25, -0.2) is 0 Å². The van der Waals surface area contributed by atoms with Gasteiger partial charge in [-0.05, 0) is 37.1 Å². The maximum atomic E-state index is 12.0. The molecule has 0 aromatic heterocycles. The van der Waals surface area contributed by atoms with Gasteiger partial charge in [0.25, 0.3) is 5.91 Å². The van der Waals surface area contributed by atoms with Crippen LogP contribution in [0.2, 0.25) is 0 Å². The number of carbonyl (C=O) groups is 1. The largest absolute Gasteiger partial charge is 0.395 e. The minimum atomic E-state index is -0.102. The molecule has 0 heterocycles. The second-order valence-electron chi connectivity index (χ2n) is 4.47. The Kier molecular flexibility index (Phi) is 7.41. The lowest BCUT2D eigenvalue weighted by Gasteiger charge is -2.06. The van der Waals surface area contributed by atoms with Gasteiger partial charge >= 0.3 is 0 Å². The Bertz CT molecular complexity index is 500.